The van der Waals surface area contributed by atoms with Gasteiger partial charge < -0.3 is 54.9 Å². The van der Waals surface area contributed by atoms with Crippen LogP contribution in [0.2, 0.25) is 0 Å². The number of aliphatic hydroxyl groups is 5. The Morgan fingerprint density at radius 2 is 1.51 bits per heavy atom. The lowest BCUT2D eigenvalue weighted by molar-refractivity contribution is -0.168. The van der Waals surface area contributed by atoms with Crippen LogP contribution in [0.15, 0.2) is 52.5 Å². The third-order valence-corrected chi connectivity index (χ3v) is 10.6. The number of fused-ring (bicyclic) bond motifs is 14. The second-order valence-electron chi connectivity index (χ2n) is 14.7. The fraction of sp³-hybridized carbons (Fsp3) is 0.500. The molecule has 1 amide bonds. The first-order valence-electron chi connectivity index (χ1n) is 17.8. The maximum absolute atomic E-state index is 14.0. The number of allylic oxidation sites excluding steroid dienone is 5. The number of phenolic OH excluding ortho intramolecular Hbond substituents is 1. The van der Waals surface area contributed by atoms with E-state index in [0.717, 1.165) is 14.0 Å². The van der Waals surface area contributed by atoms with Crippen molar-refractivity contribution in [2.45, 2.75) is 92.3 Å². The SMILES string of the molecule is COC(=O)[C@@H]1[C@@H](O)[C@H](C)C(O)[C@H](C)/C=C/C=C(\C)C(=O)Nc2c(C)c(OC(C)=O)c3c(c2O)C(=O)C(C)=C2OCOC(=C23)/C(C)=C\[C@@](C)(O)[C@H](O)[C@H](C)[C@@H]1O. The van der Waals surface area contributed by atoms with Gasteiger partial charge in [-0.25, -0.2) is 0 Å². The zero-order valence-electron chi connectivity index (χ0n) is 32.6. The first-order valence-corrected chi connectivity index (χ1v) is 17.8. The lowest BCUT2D eigenvalue weighted by Crippen LogP contribution is -2.53. The van der Waals surface area contributed by atoms with Crippen LogP contribution in [-0.2, 0) is 28.6 Å². The van der Waals surface area contributed by atoms with Gasteiger partial charge in [-0.2, -0.15) is 0 Å². The summed E-state index contributed by atoms with van der Waals surface area (Å²) < 4.78 is 22.3. The molecular weight excluding hydrogens is 718 g/mol. The van der Waals surface area contributed by atoms with Gasteiger partial charge in [-0.1, -0.05) is 39.0 Å². The van der Waals surface area contributed by atoms with E-state index in [4.69, 9.17) is 18.9 Å². The molecule has 1 unspecified atom stereocenters. The molecular formula is C40H51NO14. The predicted octanol–water partition coefficient (Wildman–Crippen LogP) is 3.10. The van der Waals surface area contributed by atoms with Crippen LogP contribution in [0.25, 0.3) is 5.57 Å². The van der Waals surface area contributed by atoms with Gasteiger partial charge in [-0.15, -0.1) is 0 Å². The maximum atomic E-state index is 14.0. The molecule has 1 aliphatic carbocycles. The van der Waals surface area contributed by atoms with Crippen molar-refractivity contribution in [1.29, 1.82) is 0 Å². The number of esters is 2. The lowest BCUT2D eigenvalue weighted by atomic mass is 9.75. The minimum Gasteiger partial charge on any atom is -0.505 e. The molecule has 0 fully saturated rings. The molecule has 3 heterocycles. The van der Waals surface area contributed by atoms with E-state index in [0.29, 0.717) is 0 Å². The van der Waals surface area contributed by atoms with Crippen molar-refractivity contribution in [3.8, 4) is 11.5 Å². The molecule has 4 bridgehead atoms. The Bertz CT molecular complexity index is 1920. The number of anilines is 1. The molecule has 0 spiro atoms. The molecule has 3 aliphatic heterocycles. The Morgan fingerprint density at radius 1 is 0.909 bits per heavy atom. The number of nitrogens with one attached hydrogen (secondary N) is 1. The zero-order chi connectivity index (χ0) is 41.4. The number of aromatic hydroxyl groups is 1. The molecule has 15 heteroatoms. The summed E-state index contributed by atoms with van der Waals surface area (Å²) in [6.45, 7) is 12.3. The largest absolute Gasteiger partial charge is 0.505 e. The minimum absolute atomic E-state index is 0.00256. The van der Waals surface area contributed by atoms with Crippen molar-refractivity contribution in [2.24, 2.45) is 23.7 Å². The highest BCUT2D eigenvalue weighted by molar-refractivity contribution is 6.21. The Morgan fingerprint density at radius 3 is 2.11 bits per heavy atom. The highest BCUT2D eigenvalue weighted by Gasteiger charge is 2.47. The van der Waals surface area contributed by atoms with Crippen LogP contribution >= 0.6 is 0 Å². The van der Waals surface area contributed by atoms with Crippen molar-refractivity contribution in [1.82, 2.24) is 0 Å². The number of Topliss-reactive ketones (excluding diaryl/α,β-unsaturated/α-hetero) is 1. The standard InChI is InChI=1S/C40H51NO14/c1-16-12-11-13-17(2)38(49)41-28-19(4)36(55-23(8)42)24-25(33(28)47)31(45)21(6)35-26(24)34(53-15-54-35)18(3)14-40(9,51)37(48)22(7)32(46)27(39(50)52-10)30(44)20(5)29(16)43/h11-14,16,20,22,27,29-30,32,37,43-44,46-48,51H,15H2,1-10H3,(H,41,49)/b12-11+,17-13+,18-14-/t16-,20-,22-,27-,29?,30+,32+,37-,40-/m1/s1. The van der Waals surface area contributed by atoms with E-state index in [1.165, 1.54) is 66.7 Å². The summed E-state index contributed by atoms with van der Waals surface area (Å²) in [5.74, 6) is -8.68. The van der Waals surface area contributed by atoms with Gasteiger partial charge in [0.05, 0.1) is 48.3 Å². The van der Waals surface area contributed by atoms with Crippen molar-refractivity contribution in [3.05, 3.63) is 69.2 Å². The molecule has 1 aromatic rings. The van der Waals surface area contributed by atoms with Crippen molar-refractivity contribution in [2.75, 3.05) is 19.2 Å². The summed E-state index contributed by atoms with van der Waals surface area (Å²) in [5.41, 5.74) is -2.34. The minimum atomic E-state index is -2.17. The van der Waals surface area contributed by atoms with Crippen LogP contribution in [0.5, 0.6) is 11.5 Å². The topological polar surface area (TPSA) is 239 Å². The summed E-state index contributed by atoms with van der Waals surface area (Å²) in [7, 11) is 1.06. The highest BCUT2D eigenvalue weighted by atomic mass is 16.7. The molecule has 300 valence electrons. The third kappa shape index (κ3) is 8.12. The van der Waals surface area contributed by atoms with E-state index in [1.54, 1.807) is 13.0 Å². The number of hydrogen-bond donors (Lipinski definition) is 7. The molecule has 55 heavy (non-hydrogen) atoms. The van der Waals surface area contributed by atoms with Crippen LogP contribution in [0.4, 0.5) is 5.69 Å². The molecule has 0 saturated heterocycles. The number of ketones is 1. The highest BCUT2D eigenvalue weighted by Crippen LogP contribution is 2.53. The molecule has 1 aromatic carbocycles. The summed E-state index contributed by atoms with van der Waals surface area (Å²) in [6.07, 6.45) is -0.878. The van der Waals surface area contributed by atoms with Crippen molar-refractivity contribution >= 4 is 34.9 Å². The van der Waals surface area contributed by atoms with Crippen molar-refractivity contribution in [3.63, 3.8) is 0 Å². The van der Waals surface area contributed by atoms with E-state index in [9.17, 15) is 49.8 Å². The van der Waals surface area contributed by atoms with Crippen LogP contribution in [-0.4, -0.2) is 98.2 Å². The van der Waals surface area contributed by atoms with Gasteiger partial charge in [-0.3, -0.25) is 19.2 Å². The van der Waals surface area contributed by atoms with E-state index in [2.05, 4.69) is 5.32 Å². The van der Waals surface area contributed by atoms with Gasteiger partial charge in [0.1, 0.15) is 28.8 Å². The quantitative estimate of drug-likeness (QED) is 0.130. The number of ether oxygens (including phenoxy) is 4. The van der Waals surface area contributed by atoms with E-state index >= 15 is 0 Å². The number of aliphatic hydroxyl groups excluding tert-OH is 4. The average Bonchev–Trinajstić information content (AvgIpc) is 3.13. The fourth-order valence-corrected chi connectivity index (χ4v) is 7.28. The second-order valence-corrected chi connectivity index (χ2v) is 14.7. The van der Waals surface area contributed by atoms with Crippen LogP contribution in [0.1, 0.15) is 76.9 Å². The van der Waals surface area contributed by atoms with Crippen LogP contribution < -0.4 is 10.1 Å². The first kappa shape index (κ1) is 42.9. The molecule has 7 N–H and O–H groups in total. The molecule has 4 aliphatic rings. The first-order chi connectivity index (χ1) is 25.6. The number of methoxy groups -OCH3 is 1. The molecule has 5 rings (SSSR count). The molecule has 0 aromatic heterocycles. The van der Waals surface area contributed by atoms with Crippen LogP contribution in [0.3, 0.4) is 0 Å². The summed E-state index contributed by atoms with van der Waals surface area (Å²) >= 11 is 0. The van der Waals surface area contributed by atoms with Gasteiger partial charge >= 0.3 is 11.9 Å². The lowest BCUT2D eigenvalue weighted by Gasteiger charge is -2.39. The van der Waals surface area contributed by atoms with Gasteiger partial charge in [-0.05, 0) is 46.3 Å². The number of rotatable bonds is 2. The molecule has 9 atom stereocenters. The maximum Gasteiger partial charge on any atom is 0.313 e. The Hall–Kier alpha value is -4.80. The van der Waals surface area contributed by atoms with E-state index in [1.807, 2.05) is 0 Å². The van der Waals surface area contributed by atoms with Gasteiger partial charge in [0.2, 0.25) is 6.79 Å². The number of carbonyl (C=O) groups excluding carboxylic acids is 4. The third-order valence-electron chi connectivity index (χ3n) is 10.6. The number of benzene rings is 1. The Balaban J connectivity index is 2.07. The number of hydrogen-bond acceptors (Lipinski definition) is 14. The summed E-state index contributed by atoms with van der Waals surface area (Å²) in [5, 5.41) is 71.8. The second kappa shape index (κ2) is 16.5. The van der Waals surface area contributed by atoms with Crippen molar-refractivity contribution < 1.29 is 68.8 Å². The monoisotopic (exact) mass is 769 g/mol. The average molecular weight is 770 g/mol. The normalized spacial score (nSPS) is 33.3. The molecule has 0 radical (unpaired) electrons. The van der Waals surface area contributed by atoms with Gasteiger partial charge in [0.25, 0.3) is 5.91 Å². The van der Waals surface area contributed by atoms with E-state index < -0.39 is 89.9 Å². The summed E-state index contributed by atoms with van der Waals surface area (Å²) in [4.78, 5) is 53.0. The van der Waals surface area contributed by atoms with E-state index in [-0.39, 0.29) is 61.9 Å². The number of phenols is 1. The Labute approximate surface area is 319 Å². The number of amides is 1. The smallest absolute Gasteiger partial charge is 0.313 e. The molecule has 15 nitrogen and oxygen atoms in total. The number of carbonyl (C=O) groups is 4. The van der Waals surface area contributed by atoms with Crippen LogP contribution in [0, 0.1) is 30.6 Å². The Kier molecular flexibility index (Phi) is 12.9. The summed E-state index contributed by atoms with van der Waals surface area (Å²) in [6, 6.07) is 0. The fourth-order valence-electron chi connectivity index (χ4n) is 7.28. The predicted molar refractivity (Wildman–Crippen MR) is 198 cm³/mol. The van der Waals surface area contributed by atoms with Gasteiger partial charge in [0.15, 0.2) is 11.5 Å². The van der Waals surface area contributed by atoms with Gasteiger partial charge in [0, 0.05) is 47.0 Å². The zero-order valence-corrected chi connectivity index (χ0v) is 32.6. The molecule has 0 saturated carbocycles.